The Labute approximate surface area is 74.9 Å². The number of methoxy groups -OCH3 is 1. The molecule has 0 aromatic carbocycles. The minimum absolute atomic E-state index is 0.575. The van der Waals surface area contributed by atoms with Gasteiger partial charge < -0.3 is 14.6 Å². The van der Waals surface area contributed by atoms with E-state index in [4.69, 9.17) is 0 Å². The molecule has 1 rings (SSSR count). The smallest absolute Gasteiger partial charge is 0.341 e. The van der Waals surface area contributed by atoms with Crippen LogP contribution in [0.3, 0.4) is 0 Å². The third-order valence-electron chi connectivity index (χ3n) is 1.80. The van der Waals surface area contributed by atoms with Crippen LogP contribution >= 0.6 is 0 Å². The number of cyclic esters (lactones) is 1. The van der Waals surface area contributed by atoms with Gasteiger partial charge in [0.2, 0.25) is 0 Å². The van der Waals surface area contributed by atoms with Crippen molar-refractivity contribution < 1.29 is 24.2 Å². The summed E-state index contributed by atoms with van der Waals surface area (Å²) in [5, 5.41) is 9.60. The molecule has 5 nitrogen and oxygen atoms in total. The van der Waals surface area contributed by atoms with Gasteiger partial charge in [-0.15, -0.1) is 0 Å². The Morgan fingerprint density at radius 2 is 2.38 bits per heavy atom. The third kappa shape index (κ3) is 1.70. The minimum atomic E-state index is -1.82. The number of carbonyl (C=O) groups is 2. The first-order valence-corrected chi connectivity index (χ1v) is 3.68. The standard InChI is InChI=1S/C8H10O5/c1-8(11,7(10)12-2)5-3-4-6(9)13-5/h3-5,11H,1-2H3/t5-,8+/m0/s1. The summed E-state index contributed by atoms with van der Waals surface area (Å²) in [5.74, 6) is -1.41. The molecule has 1 aliphatic rings. The summed E-state index contributed by atoms with van der Waals surface area (Å²) in [6, 6.07) is 0. The summed E-state index contributed by atoms with van der Waals surface area (Å²) in [5.41, 5.74) is -1.82. The number of aliphatic hydroxyl groups is 1. The van der Waals surface area contributed by atoms with Gasteiger partial charge in [0.05, 0.1) is 7.11 Å². The van der Waals surface area contributed by atoms with Crippen molar-refractivity contribution in [3.63, 3.8) is 0 Å². The van der Waals surface area contributed by atoms with Crippen LogP contribution in [0, 0.1) is 0 Å². The molecule has 0 bridgehead atoms. The SMILES string of the molecule is COC(=O)[C@](C)(O)[C@@H]1C=CC(=O)O1. The summed E-state index contributed by atoms with van der Waals surface area (Å²) in [6.45, 7) is 1.23. The van der Waals surface area contributed by atoms with Crippen LogP contribution in [0.4, 0.5) is 0 Å². The molecule has 72 valence electrons. The number of ether oxygens (including phenoxy) is 2. The van der Waals surface area contributed by atoms with Crippen molar-refractivity contribution in [1.82, 2.24) is 0 Å². The molecule has 1 aliphatic heterocycles. The zero-order chi connectivity index (χ0) is 10.1. The molecule has 0 aromatic heterocycles. The predicted octanol–water partition coefficient (Wildman–Crippen LogP) is -0.608. The van der Waals surface area contributed by atoms with Crippen LogP contribution in [-0.4, -0.2) is 35.9 Å². The molecule has 0 aromatic rings. The van der Waals surface area contributed by atoms with Crippen molar-refractivity contribution in [2.24, 2.45) is 0 Å². The fourth-order valence-corrected chi connectivity index (χ4v) is 0.995. The summed E-state index contributed by atoms with van der Waals surface area (Å²) in [4.78, 5) is 21.7. The Morgan fingerprint density at radius 1 is 1.77 bits per heavy atom. The van der Waals surface area contributed by atoms with Crippen molar-refractivity contribution in [1.29, 1.82) is 0 Å². The molecule has 0 unspecified atom stereocenters. The van der Waals surface area contributed by atoms with E-state index in [1.165, 1.54) is 13.0 Å². The van der Waals surface area contributed by atoms with E-state index >= 15 is 0 Å². The second-order valence-corrected chi connectivity index (χ2v) is 2.86. The third-order valence-corrected chi connectivity index (χ3v) is 1.80. The average Bonchev–Trinajstić information content (AvgIpc) is 2.50. The summed E-state index contributed by atoms with van der Waals surface area (Å²) >= 11 is 0. The predicted molar refractivity (Wildman–Crippen MR) is 41.7 cm³/mol. The normalized spacial score (nSPS) is 25.2. The van der Waals surface area contributed by atoms with Crippen LogP contribution in [0.2, 0.25) is 0 Å². The van der Waals surface area contributed by atoms with Crippen LogP contribution in [0.5, 0.6) is 0 Å². The fraction of sp³-hybridized carbons (Fsp3) is 0.500. The van der Waals surface area contributed by atoms with Crippen molar-refractivity contribution in [3.05, 3.63) is 12.2 Å². The highest BCUT2D eigenvalue weighted by Gasteiger charge is 2.43. The average molecular weight is 186 g/mol. The molecule has 1 N–H and O–H groups in total. The lowest BCUT2D eigenvalue weighted by atomic mass is 10.00. The molecular weight excluding hydrogens is 176 g/mol. The van der Waals surface area contributed by atoms with Crippen LogP contribution in [-0.2, 0) is 19.1 Å². The number of hydrogen-bond donors (Lipinski definition) is 1. The van der Waals surface area contributed by atoms with Gasteiger partial charge in [-0.25, -0.2) is 9.59 Å². The van der Waals surface area contributed by atoms with Gasteiger partial charge in [-0.2, -0.15) is 0 Å². The minimum Gasteiger partial charge on any atom is -0.467 e. The molecule has 0 fully saturated rings. The first-order chi connectivity index (χ1) is 5.98. The molecular formula is C8H10O5. The first-order valence-electron chi connectivity index (χ1n) is 3.68. The van der Waals surface area contributed by atoms with Gasteiger partial charge in [-0.1, -0.05) is 0 Å². The number of rotatable bonds is 2. The van der Waals surface area contributed by atoms with Gasteiger partial charge in [0, 0.05) is 6.08 Å². The zero-order valence-corrected chi connectivity index (χ0v) is 7.31. The monoisotopic (exact) mass is 186 g/mol. The molecule has 0 saturated carbocycles. The summed E-state index contributed by atoms with van der Waals surface area (Å²) in [7, 11) is 1.15. The lowest BCUT2D eigenvalue weighted by Crippen LogP contribution is -2.47. The molecule has 0 aliphatic carbocycles. The molecule has 0 amide bonds. The summed E-state index contributed by atoms with van der Waals surface area (Å²) < 4.78 is 9.00. The van der Waals surface area contributed by atoms with E-state index in [0.29, 0.717) is 0 Å². The maximum Gasteiger partial charge on any atom is 0.341 e. The van der Waals surface area contributed by atoms with Crippen LogP contribution in [0.1, 0.15) is 6.92 Å². The van der Waals surface area contributed by atoms with Crippen molar-refractivity contribution in [2.45, 2.75) is 18.6 Å². The van der Waals surface area contributed by atoms with E-state index in [-0.39, 0.29) is 0 Å². The lowest BCUT2D eigenvalue weighted by Gasteiger charge is -2.24. The Balaban J connectivity index is 2.76. The number of carbonyl (C=O) groups excluding carboxylic acids is 2. The maximum atomic E-state index is 11.0. The van der Waals surface area contributed by atoms with Gasteiger partial charge in [0.1, 0.15) is 0 Å². The van der Waals surface area contributed by atoms with Crippen molar-refractivity contribution >= 4 is 11.9 Å². The first kappa shape index (κ1) is 9.73. The van der Waals surface area contributed by atoms with Gasteiger partial charge in [-0.05, 0) is 13.0 Å². The molecule has 0 spiro atoms. The largest absolute Gasteiger partial charge is 0.467 e. The van der Waals surface area contributed by atoms with E-state index in [1.807, 2.05) is 0 Å². The highest BCUT2D eigenvalue weighted by atomic mass is 16.6. The molecule has 0 radical (unpaired) electrons. The number of esters is 2. The second-order valence-electron chi connectivity index (χ2n) is 2.86. The summed E-state index contributed by atoms with van der Waals surface area (Å²) in [6.07, 6.45) is 1.51. The Morgan fingerprint density at radius 3 is 2.77 bits per heavy atom. The van der Waals surface area contributed by atoms with Crippen molar-refractivity contribution in [2.75, 3.05) is 7.11 Å². The second kappa shape index (κ2) is 3.18. The van der Waals surface area contributed by atoms with Gasteiger partial charge in [0.25, 0.3) is 0 Å². The van der Waals surface area contributed by atoms with E-state index in [1.54, 1.807) is 0 Å². The Hall–Kier alpha value is -1.36. The molecule has 2 atom stereocenters. The maximum absolute atomic E-state index is 11.0. The van der Waals surface area contributed by atoms with E-state index in [9.17, 15) is 14.7 Å². The Kier molecular flexibility index (Phi) is 2.38. The van der Waals surface area contributed by atoms with Gasteiger partial charge in [-0.3, -0.25) is 0 Å². The van der Waals surface area contributed by atoms with Gasteiger partial charge in [0.15, 0.2) is 11.7 Å². The lowest BCUT2D eigenvalue weighted by molar-refractivity contribution is -0.174. The molecule has 5 heteroatoms. The van der Waals surface area contributed by atoms with Crippen molar-refractivity contribution in [3.8, 4) is 0 Å². The van der Waals surface area contributed by atoms with E-state index in [2.05, 4.69) is 9.47 Å². The Bertz CT molecular complexity index is 266. The molecule has 0 saturated heterocycles. The quantitative estimate of drug-likeness (QED) is 0.582. The van der Waals surface area contributed by atoms with Gasteiger partial charge >= 0.3 is 11.9 Å². The van der Waals surface area contributed by atoms with Crippen LogP contribution in [0.25, 0.3) is 0 Å². The molecule has 1 heterocycles. The van der Waals surface area contributed by atoms with Crippen LogP contribution in [0.15, 0.2) is 12.2 Å². The van der Waals surface area contributed by atoms with E-state index < -0.39 is 23.6 Å². The van der Waals surface area contributed by atoms with E-state index in [0.717, 1.165) is 13.2 Å². The number of hydrogen-bond acceptors (Lipinski definition) is 5. The molecule has 13 heavy (non-hydrogen) atoms. The zero-order valence-electron chi connectivity index (χ0n) is 7.31. The topological polar surface area (TPSA) is 72.8 Å². The highest BCUT2D eigenvalue weighted by Crippen LogP contribution is 2.20. The van der Waals surface area contributed by atoms with Crippen LogP contribution < -0.4 is 0 Å². The fourth-order valence-electron chi connectivity index (χ4n) is 0.995. The highest BCUT2D eigenvalue weighted by molar-refractivity contribution is 5.87.